The highest BCUT2D eigenvalue weighted by Gasteiger charge is 2.43. The molecule has 78 valence electrons. The van der Waals surface area contributed by atoms with Crippen LogP contribution in [0.3, 0.4) is 0 Å². The summed E-state index contributed by atoms with van der Waals surface area (Å²) in [6.07, 6.45) is 2.14. The maximum atomic E-state index is 6.26. The molecule has 1 saturated heterocycles. The van der Waals surface area contributed by atoms with Crippen molar-refractivity contribution in [3.05, 3.63) is 0 Å². The van der Waals surface area contributed by atoms with Crippen molar-refractivity contribution < 1.29 is 4.43 Å². The van der Waals surface area contributed by atoms with Gasteiger partial charge in [-0.25, -0.2) is 0 Å². The molecule has 1 heterocycles. The van der Waals surface area contributed by atoms with Crippen LogP contribution in [0.5, 0.6) is 0 Å². The lowest BCUT2D eigenvalue weighted by Gasteiger charge is -2.42. The minimum Gasteiger partial charge on any atom is -0.432 e. The summed E-state index contributed by atoms with van der Waals surface area (Å²) in [5.74, 6) is 0. The molecule has 3 nitrogen and oxygen atoms in total. The van der Waals surface area contributed by atoms with E-state index < -0.39 is 7.59 Å². The van der Waals surface area contributed by atoms with Crippen molar-refractivity contribution in [3.8, 4) is 0 Å². The molecular weight excluding hydrogens is 228 g/mol. The molecule has 0 aliphatic carbocycles. The van der Waals surface area contributed by atoms with Gasteiger partial charge in [0.25, 0.3) is 0 Å². The topological polar surface area (TPSA) is 61.3 Å². The molecule has 3 unspecified atom stereocenters. The van der Waals surface area contributed by atoms with Crippen LogP contribution in [0.25, 0.3) is 0 Å². The van der Waals surface area contributed by atoms with Gasteiger partial charge in [0, 0.05) is 23.3 Å². The van der Waals surface area contributed by atoms with Crippen LogP contribution in [0.2, 0.25) is 0 Å². The molecule has 7 heteroatoms. The molecule has 4 N–H and O–H groups in total. The second-order valence-electron chi connectivity index (χ2n) is 4.19. The van der Waals surface area contributed by atoms with E-state index in [1.807, 2.05) is 0 Å². The first-order valence-corrected chi connectivity index (χ1v) is 18.5. The molecule has 1 aliphatic rings. The Labute approximate surface area is 87.9 Å². The van der Waals surface area contributed by atoms with Crippen LogP contribution in [0, 0.1) is 0 Å². The van der Waals surface area contributed by atoms with Gasteiger partial charge in [-0.2, -0.15) is 0 Å². The molecule has 0 aromatic rings. The lowest BCUT2D eigenvalue weighted by atomic mass is 10.5. The average molecular weight is 251 g/mol. The zero-order valence-electron chi connectivity index (χ0n) is 8.75. The van der Waals surface area contributed by atoms with E-state index in [0.29, 0.717) is 11.3 Å². The summed E-state index contributed by atoms with van der Waals surface area (Å²) in [6.45, 7) is 4.38. The van der Waals surface area contributed by atoms with E-state index in [0.717, 1.165) is 12.7 Å². The Bertz CT molecular complexity index is 163. The molecular formula is C6H22N2OSi4. The fraction of sp³-hybridized carbons (Fsp3) is 1.00. The lowest BCUT2D eigenvalue weighted by molar-refractivity contribution is 0.405. The SMILES string of the molecule is CCC(N)[Si]1(C(C)N)CO[SiH2][SiH2][SiH2]1. The molecule has 1 rings (SSSR count). The van der Waals surface area contributed by atoms with E-state index in [1.54, 1.807) is 0 Å². The maximum Gasteiger partial charge on any atom is 0.139 e. The van der Waals surface area contributed by atoms with Crippen LogP contribution in [-0.2, 0) is 4.43 Å². The number of hydrogen-bond donors (Lipinski definition) is 2. The Balaban J connectivity index is 2.72. The number of rotatable bonds is 3. The van der Waals surface area contributed by atoms with Crippen LogP contribution in [-0.4, -0.2) is 51.5 Å². The smallest absolute Gasteiger partial charge is 0.139 e. The van der Waals surface area contributed by atoms with Gasteiger partial charge in [-0.05, 0) is 17.8 Å². The summed E-state index contributed by atoms with van der Waals surface area (Å²) in [5.41, 5.74) is 13.2. The molecule has 0 aromatic heterocycles. The van der Waals surface area contributed by atoms with Gasteiger partial charge in [0.1, 0.15) is 16.9 Å². The minimum atomic E-state index is -1.29. The van der Waals surface area contributed by atoms with Crippen molar-refractivity contribution in [2.75, 3.05) is 6.23 Å². The highest BCUT2D eigenvalue weighted by atomic mass is 29.7. The average Bonchev–Trinajstić information content (AvgIpc) is 2.17. The summed E-state index contributed by atoms with van der Waals surface area (Å²) in [6, 6.07) is 0. The molecule has 0 aromatic carbocycles. The van der Waals surface area contributed by atoms with Crippen molar-refractivity contribution in [1.82, 2.24) is 0 Å². The standard InChI is InChI=1S/C6H22N2OSi4/c1-3-6(8)13(5(2)7)4-9-10-11-12-13/h5-6H,3-4,7-8,10-12H2,1-2H3. The molecule has 1 fully saturated rings. The first-order chi connectivity index (χ1) is 6.13. The first-order valence-electron chi connectivity index (χ1n) is 5.22. The Morgan fingerprint density at radius 3 is 2.62 bits per heavy atom. The predicted molar refractivity (Wildman–Crippen MR) is 69.3 cm³/mol. The molecule has 13 heavy (non-hydrogen) atoms. The quantitative estimate of drug-likeness (QED) is 0.522. The van der Waals surface area contributed by atoms with Crippen molar-refractivity contribution in [1.29, 1.82) is 0 Å². The van der Waals surface area contributed by atoms with Crippen LogP contribution in [0.1, 0.15) is 20.3 Å². The highest BCUT2D eigenvalue weighted by molar-refractivity contribution is 7.54. The van der Waals surface area contributed by atoms with Crippen LogP contribution in [0.4, 0.5) is 0 Å². The highest BCUT2D eigenvalue weighted by Crippen LogP contribution is 2.14. The minimum absolute atomic E-state index is 0.00771. The fourth-order valence-corrected chi connectivity index (χ4v) is 57.1. The number of nitrogens with two attached hydrogens (primary N) is 2. The molecule has 0 saturated carbocycles. The van der Waals surface area contributed by atoms with Gasteiger partial charge in [-0.15, -0.1) is 0 Å². The Morgan fingerprint density at radius 1 is 1.54 bits per heavy atom. The van der Waals surface area contributed by atoms with Crippen LogP contribution < -0.4 is 11.5 Å². The zero-order chi connectivity index (χ0) is 9.90. The van der Waals surface area contributed by atoms with E-state index in [4.69, 9.17) is 15.9 Å². The third-order valence-corrected chi connectivity index (χ3v) is 43.7. The lowest BCUT2D eigenvalue weighted by Crippen LogP contribution is -2.74. The summed E-state index contributed by atoms with van der Waals surface area (Å²) in [5, 5.41) is 0. The van der Waals surface area contributed by atoms with Gasteiger partial charge in [-0.3, -0.25) is 0 Å². The monoisotopic (exact) mass is 250 g/mol. The summed E-state index contributed by atoms with van der Waals surface area (Å²) in [4.78, 5) is 0. The van der Waals surface area contributed by atoms with E-state index in [2.05, 4.69) is 13.8 Å². The largest absolute Gasteiger partial charge is 0.432 e. The summed E-state index contributed by atoms with van der Waals surface area (Å²) in [7, 11) is -0.862. The molecule has 0 radical (unpaired) electrons. The maximum absolute atomic E-state index is 6.26. The normalized spacial score (nSPS) is 39.7. The van der Waals surface area contributed by atoms with Crippen molar-refractivity contribution >= 4 is 34.0 Å². The van der Waals surface area contributed by atoms with E-state index in [1.165, 1.54) is 0 Å². The zero-order valence-corrected chi connectivity index (χ0v) is 14.0. The third-order valence-electron chi connectivity index (χ3n) is 3.39. The fourth-order valence-electron chi connectivity index (χ4n) is 2.23. The molecule has 0 amide bonds. The predicted octanol–water partition coefficient (Wildman–Crippen LogP) is -3.08. The van der Waals surface area contributed by atoms with Gasteiger partial charge >= 0.3 is 0 Å². The van der Waals surface area contributed by atoms with E-state index in [-0.39, 0.29) is 26.4 Å². The molecule has 0 spiro atoms. The Hall–Kier alpha value is 0.748. The number of hydrogen-bond acceptors (Lipinski definition) is 3. The third kappa shape index (κ3) is 2.40. The Kier molecular flexibility index (Phi) is 4.55. The molecule has 3 atom stereocenters. The van der Waals surface area contributed by atoms with Crippen molar-refractivity contribution in [2.45, 2.75) is 31.6 Å². The van der Waals surface area contributed by atoms with Crippen LogP contribution in [0.15, 0.2) is 0 Å². The van der Waals surface area contributed by atoms with E-state index in [9.17, 15) is 0 Å². The molecule has 0 bridgehead atoms. The van der Waals surface area contributed by atoms with Gasteiger partial charge < -0.3 is 15.9 Å². The van der Waals surface area contributed by atoms with Crippen molar-refractivity contribution in [3.63, 3.8) is 0 Å². The Morgan fingerprint density at radius 2 is 2.23 bits per heavy atom. The molecule has 1 aliphatic heterocycles. The summed E-state index contributed by atoms with van der Waals surface area (Å²) >= 11 is 0. The first kappa shape index (κ1) is 11.8. The van der Waals surface area contributed by atoms with E-state index >= 15 is 0 Å². The van der Waals surface area contributed by atoms with Crippen molar-refractivity contribution in [2.24, 2.45) is 11.5 Å². The summed E-state index contributed by atoms with van der Waals surface area (Å²) < 4.78 is 5.81. The van der Waals surface area contributed by atoms with Gasteiger partial charge in [0.2, 0.25) is 0 Å². The second-order valence-corrected chi connectivity index (χ2v) is 30.3. The van der Waals surface area contributed by atoms with Gasteiger partial charge in [0.05, 0.1) is 0 Å². The van der Waals surface area contributed by atoms with Crippen LogP contribution >= 0.6 is 0 Å². The van der Waals surface area contributed by atoms with Gasteiger partial charge in [-0.1, -0.05) is 13.8 Å². The second kappa shape index (κ2) is 5.01. The van der Waals surface area contributed by atoms with Gasteiger partial charge in [0.15, 0.2) is 0 Å².